The largest absolute Gasteiger partial charge is 0.453 e. The van der Waals surface area contributed by atoms with Crippen LogP contribution in [0.5, 0.6) is 0 Å². The summed E-state index contributed by atoms with van der Waals surface area (Å²) >= 11 is 0. The van der Waals surface area contributed by atoms with E-state index >= 15 is 0 Å². The molecule has 2 atom stereocenters. The molecule has 15 nitrogen and oxygen atoms in total. The molecular formula is C48H68N5O10P. The van der Waals surface area contributed by atoms with Gasteiger partial charge in [-0.1, -0.05) is 86.0 Å². The van der Waals surface area contributed by atoms with E-state index in [9.17, 15) is 33.3 Å². The Balaban J connectivity index is 1.53. The molecule has 64 heavy (non-hydrogen) atoms. The number of nitrogens with one attached hydrogen (secondary N) is 4. The summed E-state index contributed by atoms with van der Waals surface area (Å²) in [5.41, 5.74) is 3.84. The minimum absolute atomic E-state index is 0.0291. The molecule has 3 aromatic rings. The molecule has 1 saturated carbocycles. The number of primary amides is 1. The molecule has 0 saturated heterocycles. The second-order valence-corrected chi connectivity index (χ2v) is 21.5. The summed E-state index contributed by atoms with van der Waals surface area (Å²) in [6.07, 6.45) is 2.97. The quantitative estimate of drug-likeness (QED) is 0.0406. The van der Waals surface area contributed by atoms with Crippen LogP contribution in [0.3, 0.4) is 0 Å². The summed E-state index contributed by atoms with van der Waals surface area (Å²) in [7, 11) is -3.64. The summed E-state index contributed by atoms with van der Waals surface area (Å²) in [6.45, 7) is 15.8. The predicted octanol–water partition coefficient (Wildman–Crippen LogP) is 6.46. The van der Waals surface area contributed by atoms with Crippen LogP contribution in [-0.4, -0.2) is 76.5 Å². The zero-order valence-electron chi connectivity index (χ0n) is 38.9. The smallest absolute Gasteiger partial charge is 0.397 e. The first-order valence-corrected chi connectivity index (χ1v) is 23.8. The van der Waals surface area contributed by atoms with Gasteiger partial charge in [-0.05, 0) is 115 Å². The summed E-state index contributed by atoms with van der Waals surface area (Å²) < 4.78 is 31.1. The van der Waals surface area contributed by atoms with E-state index in [-0.39, 0.29) is 32.0 Å². The van der Waals surface area contributed by atoms with Crippen LogP contribution in [0.15, 0.2) is 66.7 Å². The molecule has 0 bridgehead atoms. The van der Waals surface area contributed by atoms with Crippen LogP contribution < -0.4 is 27.0 Å². The van der Waals surface area contributed by atoms with E-state index in [1.807, 2.05) is 42.5 Å². The van der Waals surface area contributed by atoms with Gasteiger partial charge < -0.3 is 40.8 Å². The van der Waals surface area contributed by atoms with Gasteiger partial charge in [-0.25, -0.2) is 4.79 Å². The Morgan fingerprint density at radius 3 is 1.91 bits per heavy atom. The van der Waals surface area contributed by atoms with Gasteiger partial charge in [0.15, 0.2) is 0 Å². The number of carbonyl (C=O) groups excluding carboxylic acids is 6. The lowest BCUT2D eigenvalue weighted by Gasteiger charge is -2.38. The van der Waals surface area contributed by atoms with Crippen molar-refractivity contribution in [3.63, 3.8) is 0 Å². The number of esters is 1. The minimum atomic E-state index is -3.64. The van der Waals surface area contributed by atoms with Crippen LogP contribution in [0, 0.1) is 0 Å². The van der Waals surface area contributed by atoms with E-state index in [4.69, 9.17) is 19.5 Å². The summed E-state index contributed by atoms with van der Waals surface area (Å²) in [5, 5.41) is 13.1. The molecule has 6 N–H and O–H groups in total. The van der Waals surface area contributed by atoms with E-state index in [0.717, 1.165) is 22.8 Å². The minimum Gasteiger partial charge on any atom is -0.453 e. The van der Waals surface area contributed by atoms with Crippen LogP contribution >= 0.6 is 7.60 Å². The third-order valence-electron chi connectivity index (χ3n) is 10.2. The molecule has 16 heteroatoms. The monoisotopic (exact) mass is 905 g/mol. The number of nitrogens with two attached hydrogens (primary N) is 1. The number of hydrogen-bond acceptors (Lipinski definition) is 10. The predicted molar refractivity (Wildman–Crippen MR) is 246 cm³/mol. The molecule has 0 heterocycles. The average molecular weight is 906 g/mol. The highest BCUT2D eigenvalue weighted by Gasteiger charge is 2.44. The lowest BCUT2D eigenvalue weighted by Crippen LogP contribution is -2.65. The fraction of sp³-hybridized carbons (Fsp3) is 0.542. The molecule has 0 spiro atoms. The second-order valence-electron chi connectivity index (χ2n) is 19.6. The first kappa shape index (κ1) is 51.5. The second kappa shape index (κ2) is 21.7. The van der Waals surface area contributed by atoms with Crippen LogP contribution in [0.1, 0.15) is 124 Å². The maximum absolute atomic E-state index is 14.4. The van der Waals surface area contributed by atoms with Crippen LogP contribution in [0.2, 0.25) is 0 Å². The number of benzene rings is 3. The Kier molecular flexibility index (Phi) is 17.5. The lowest BCUT2D eigenvalue weighted by atomic mass is 9.80. The highest BCUT2D eigenvalue weighted by atomic mass is 31.2. The van der Waals surface area contributed by atoms with Crippen molar-refractivity contribution in [1.29, 1.82) is 0 Å². The van der Waals surface area contributed by atoms with Gasteiger partial charge in [0, 0.05) is 13.0 Å². The molecular weight excluding hydrogens is 838 g/mol. The van der Waals surface area contributed by atoms with Crippen molar-refractivity contribution in [2.45, 2.75) is 161 Å². The van der Waals surface area contributed by atoms with Gasteiger partial charge in [-0.3, -0.25) is 28.5 Å². The van der Waals surface area contributed by atoms with E-state index in [2.05, 4.69) is 21.3 Å². The molecule has 4 rings (SSSR count). The van der Waals surface area contributed by atoms with E-state index in [1.165, 1.54) is 0 Å². The topological polar surface area (TPSA) is 221 Å². The van der Waals surface area contributed by atoms with Crippen LogP contribution in [-0.2, 0) is 66.1 Å². The molecule has 0 aromatic heterocycles. The zero-order valence-corrected chi connectivity index (χ0v) is 39.8. The van der Waals surface area contributed by atoms with Gasteiger partial charge >= 0.3 is 19.5 Å². The summed E-state index contributed by atoms with van der Waals surface area (Å²) in [4.78, 5) is 80.5. The molecule has 350 valence electrons. The molecule has 3 aromatic carbocycles. The van der Waals surface area contributed by atoms with E-state index in [1.54, 1.807) is 86.6 Å². The Hall–Kier alpha value is -5.11. The average Bonchev–Trinajstić information content (AvgIpc) is 3.17. The first-order valence-electron chi connectivity index (χ1n) is 22.0. The van der Waals surface area contributed by atoms with Gasteiger partial charge in [0.1, 0.15) is 23.2 Å². The fourth-order valence-corrected chi connectivity index (χ4v) is 10.1. The zero-order chi connectivity index (χ0) is 47.5. The van der Waals surface area contributed by atoms with Crippen molar-refractivity contribution in [3.05, 3.63) is 83.4 Å². The van der Waals surface area contributed by atoms with E-state index < -0.39 is 83.9 Å². The number of aryl methyl sites for hydroxylation is 1. The van der Waals surface area contributed by atoms with Crippen molar-refractivity contribution in [1.82, 2.24) is 21.3 Å². The van der Waals surface area contributed by atoms with Gasteiger partial charge in [0.25, 0.3) is 0 Å². The molecule has 5 amide bonds. The maximum atomic E-state index is 14.4. The third kappa shape index (κ3) is 16.5. The van der Waals surface area contributed by atoms with Gasteiger partial charge in [0.05, 0.1) is 23.8 Å². The summed E-state index contributed by atoms with van der Waals surface area (Å²) in [6, 6.07) is 18.2. The molecule has 1 aliphatic rings. The number of ether oxygens (including phenoxy) is 1. The molecule has 1 aliphatic carbocycles. The third-order valence-corrected chi connectivity index (χ3v) is 12.6. The normalized spacial score (nSPS) is 15.3. The van der Waals surface area contributed by atoms with Crippen molar-refractivity contribution in [2.24, 2.45) is 5.73 Å². The highest BCUT2D eigenvalue weighted by molar-refractivity contribution is 7.53. The van der Waals surface area contributed by atoms with Crippen molar-refractivity contribution >= 4 is 53.9 Å². The number of carbonyl (C=O) groups is 6. The van der Waals surface area contributed by atoms with Gasteiger partial charge in [-0.2, -0.15) is 0 Å². The molecule has 1 fully saturated rings. The first-order chi connectivity index (χ1) is 29.8. The Bertz CT molecular complexity index is 2160. The van der Waals surface area contributed by atoms with Crippen molar-refractivity contribution in [3.8, 4) is 0 Å². The Morgan fingerprint density at radius 2 is 1.31 bits per heavy atom. The standard InChI is InChI=1S/C48H68N5O10P/c1-45(2,3)61-43(58)42(57)51-37(29-32-22-24-33(25-23-32)31-64(60,62-46(4,5)6)63-47(7,8)9)41(56)53-48(26-13-10-14-27-48)44(59)52-38(30-39(49)54)40(55)50-28-16-20-35-19-15-18-34-17-11-12-21-36(34)35/h11-12,15,17-19,21-25,37-38H,10,13-14,16,20,26-31H2,1-9H3,(H2,49,54)(H,50,55)(H,51,57)(H,52,59)(H,53,56)/t37-,38+/m1/s1. The number of rotatable bonds is 18. The van der Waals surface area contributed by atoms with Gasteiger partial charge in [0.2, 0.25) is 23.6 Å². The van der Waals surface area contributed by atoms with Crippen LogP contribution in [0.25, 0.3) is 10.8 Å². The van der Waals surface area contributed by atoms with Crippen molar-refractivity contribution in [2.75, 3.05) is 6.54 Å². The van der Waals surface area contributed by atoms with E-state index in [0.29, 0.717) is 36.8 Å². The van der Waals surface area contributed by atoms with Crippen LogP contribution in [0.4, 0.5) is 0 Å². The van der Waals surface area contributed by atoms with Gasteiger partial charge in [-0.15, -0.1) is 0 Å². The fourth-order valence-electron chi connectivity index (χ4n) is 7.63. The Morgan fingerprint density at radius 1 is 0.719 bits per heavy atom. The SMILES string of the molecule is CC(C)(C)OC(=O)C(=O)N[C@H](Cc1ccc(CP(=O)(OC(C)(C)C)OC(C)(C)C)cc1)C(=O)NC1(C(=O)N[C@@H](CC(N)=O)C(=O)NCCCc2cccc3ccccc23)CCCCC1. The molecule has 0 aliphatic heterocycles. The molecule has 0 unspecified atom stereocenters. The lowest BCUT2D eigenvalue weighted by molar-refractivity contribution is -0.163. The number of amides is 5. The summed E-state index contributed by atoms with van der Waals surface area (Å²) in [5.74, 6) is -5.20. The maximum Gasteiger partial charge on any atom is 0.397 e. The Labute approximate surface area is 377 Å². The highest BCUT2D eigenvalue weighted by Crippen LogP contribution is 2.57. The number of fused-ring (bicyclic) bond motifs is 1. The number of hydrogen-bond donors (Lipinski definition) is 5. The van der Waals surface area contributed by atoms with Crippen molar-refractivity contribution < 1.29 is 47.1 Å². The molecule has 0 radical (unpaired) electrons.